The third-order valence-electron chi connectivity index (χ3n) is 5.34. The number of nitrogens with zero attached hydrogens (tertiary/aromatic N) is 2. The Morgan fingerprint density at radius 2 is 1.82 bits per heavy atom. The predicted molar refractivity (Wildman–Crippen MR) is 111 cm³/mol. The summed E-state index contributed by atoms with van der Waals surface area (Å²) in [6, 6.07) is 15.3. The van der Waals surface area contributed by atoms with Crippen LogP contribution >= 0.6 is 0 Å². The number of piperidine rings is 1. The summed E-state index contributed by atoms with van der Waals surface area (Å²) in [6.45, 7) is 5.87. The van der Waals surface area contributed by atoms with Gasteiger partial charge in [-0.1, -0.05) is 18.2 Å². The average Bonchev–Trinajstić information content (AvgIpc) is 2.74. The number of carbonyl (C=O) groups excluding carboxylic acids is 2. The molecule has 1 heterocycles. The van der Waals surface area contributed by atoms with Gasteiger partial charge in [-0.05, 0) is 62.6 Å². The zero-order valence-electron chi connectivity index (χ0n) is 16.9. The van der Waals surface area contributed by atoms with E-state index in [9.17, 15) is 9.59 Å². The molecule has 0 atom stereocenters. The largest absolute Gasteiger partial charge is 0.497 e. The van der Waals surface area contributed by atoms with Gasteiger partial charge in [0.15, 0.2) is 0 Å². The van der Waals surface area contributed by atoms with E-state index in [0.717, 1.165) is 11.3 Å². The maximum atomic E-state index is 13.1. The van der Waals surface area contributed by atoms with Crippen molar-refractivity contribution in [2.75, 3.05) is 31.6 Å². The number of ether oxygens (including phenoxy) is 1. The number of hydrogen-bond donors (Lipinski definition) is 0. The zero-order chi connectivity index (χ0) is 20.1. The van der Waals surface area contributed by atoms with Gasteiger partial charge in [-0.15, -0.1) is 0 Å². The maximum Gasteiger partial charge on any atom is 0.253 e. The predicted octanol–water partition coefficient (Wildman–Crippen LogP) is 3.91. The number of likely N-dealkylation sites (tertiary alicyclic amines) is 1. The van der Waals surface area contributed by atoms with E-state index in [1.165, 1.54) is 0 Å². The standard InChI is InChI=1S/C23H28N2O3/c1-4-25(20-9-5-7-17(2)15-20)23(27)18-11-13-24(14-12-18)22(26)19-8-6-10-21(16-19)28-3/h5-10,15-16,18H,4,11-14H2,1-3H3. The van der Waals surface area contributed by atoms with Crippen LogP contribution in [0.3, 0.4) is 0 Å². The Balaban J connectivity index is 1.64. The van der Waals surface area contributed by atoms with Gasteiger partial charge in [0.1, 0.15) is 5.75 Å². The van der Waals surface area contributed by atoms with E-state index in [-0.39, 0.29) is 17.7 Å². The molecule has 0 aliphatic carbocycles. The molecule has 0 spiro atoms. The third kappa shape index (κ3) is 4.35. The number of carbonyl (C=O) groups is 2. The zero-order valence-corrected chi connectivity index (χ0v) is 16.9. The minimum Gasteiger partial charge on any atom is -0.497 e. The van der Waals surface area contributed by atoms with Crippen molar-refractivity contribution in [1.82, 2.24) is 4.90 Å². The molecule has 0 N–H and O–H groups in total. The summed E-state index contributed by atoms with van der Waals surface area (Å²) in [5.74, 6) is 0.778. The fraction of sp³-hybridized carbons (Fsp3) is 0.391. The van der Waals surface area contributed by atoms with Crippen LogP contribution in [0.1, 0.15) is 35.7 Å². The van der Waals surface area contributed by atoms with Crippen molar-refractivity contribution in [3.8, 4) is 5.75 Å². The summed E-state index contributed by atoms with van der Waals surface area (Å²) in [5.41, 5.74) is 2.71. The Bertz CT molecular complexity index is 841. The number of aryl methyl sites for hydroxylation is 1. The van der Waals surface area contributed by atoms with Crippen molar-refractivity contribution in [1.29, 1.82) is 0 Å². The van der Waals surface area contributed by atoms with Crippen LogP contribution in [-0.4, -0.2) is 43.5 Å². The van der Waals surface area contributed by atoms with Crippen LogP contribution in [0.2, 0.25) is 0 Å². The Morgan fingerprint density at radius 1 is 1.11 bits per heavy atom. The number of amides is 2. The average molecular weight is 380 g/mol. The van der Waals surface area contributed by atoms with Crippen molar-refractivity contribution < 1.29 is 14.3 Å². The molecule has 2 aromatic rings. The molecule has 1 aliphatic heterocycles. The van der Waals surface area contributed by atoms with Crippen molar-refractivity contribution in [3.05, 3.63) is 59.7 Å². The molecular formula is C23H28N2O3. The van der Waals surface area contributed by atoms with Crippen LogP contribution in [0.5, 0.6) is 5.75 Å². The molecule has 2 aromatic carbocycles. The normalized spacial score (nSPS) is 14.6. The molecule has 2 amide bonds. The van der Waals surface area contributed by atoms with E-state index in [4.69, 9.17) is 4.74 Å². The summed E-state index contributed by atoms with van der Waals surface area (Å²) in [6.07, 6.45) is 1.38. The smallest absolute Gasteiger partial charge is 0.253 e. The highest BCUT2D eigenvalue weighted by atomic mass is 16.5. The van der Waals surface area contributed by atoms with Gasteiger partial charge in [0.25, 0.3) is 5.91 Å². The molecule has 5 heteroatoms. The molecule has 0 saturated carbocycles. The fourth-order valence-electron chi connectivity index (χ4n) is 3.75. The molecule has 5 nitrogen and oxygen atoms in total. The van der Waals surface area contributed by atoms with E-state index in [2.05, 4.69) is 0 Å². The molecule has 148 valence electrons. The van der Waals surface area contributed by atoms with Gasteiger partial charge in [0.05, 0.1) is 7.11 Å². The molecule has 1 fully saturated rings. The number of benzene rings is 2. The summed E-state index contributed by atoms with van der Waals surface area (Å²) in [5, 5.41) is 0. The van der Waals surface area contributed by atoms with Crippen LogP contribution in [0, 0.1) is 12.8 Å². The molecule has 0 radical (unpaired) electrons. The van der Waals surface area contributed by atoms with E-state index in [0.29, 0.717) is 43.8 Å². The second-order valence-corrected chi connectivity index (χ2v) is 7.22. The van der Waals surface area contributed by atoms with Crippen LogP contribution in [-0.2, 0) is 4.79 Å². The SMILES string of the molecule is CCN(C(=O)C1CCN(C(=O)c2cccc(OC)c2)CC1)c1cccc(C)c1. The van der Waals surface area contributed by atoms with Gasteiger partial charge >= 0.3 is 0 Å². The lowest BCUT2D eigenvalue weighted by Crippen LogP contribution is -2.44. The first kappa shape index (κ1) is 19.9. The third-order valence-corrected chi connectivity index (χ3v) is 5.34. The van der Waals surface area contributed by atoms with Gasteiger partial charge in [-0.25, -0.2) is 0 Å². The highest BCUT2D eigenvalue weighted by Gasteiger charge is 2.30. The highest BCUT2D eigenvalue weighted by molar-refractivity contribution is 5.96. The van der Waals surface area contributed by atoms with Crippen LogP contribution in [0.25, 0.3) is 0 Å². The van der Waals surface area contributed by atoms with Crippen molar-refractivity contribution in [3.63, 3.8) is 0 Å². The number of rotatable bonds is 5. The van der Waals surface area contributed by atoms with E-state index < -0.39 is 0 Å². The lowest BCUT2D eigenvalue weighted by Gasteiger charge is -2.34. The number of anilines is 1. The monoisotopic (exact) mass is 380 g/mol. The highest BCUT2D eigenvalue weighted by Crippen LogP contribution is 2.25. The molecule has 0 aromatic heterocycles. The Labute approximate surface area is 166 Å². The van der Waals surface area contributed by atoms with Crippen molar-refractivity contribution in [2.24, 2.45) is 5.92 Å². The van der Waals surface area contributed by atoms with Crippen LogP contribution in [0.15, 0.2) is 48.5 Å². The molecule has 28 heavy (non-hydrogen) atoms. The second kappa shape index (κ2) is 8.91. The van der Waals surface area contributed by atoms with Gasteiger partial charge in [-0.2, -0.15) is 0 Å². The summed E-state index contributed by atoms with van der Waals surface area (Å²) in [7, 11) is 1.59. The first-order valence-corrected chi connectivity index (χ1v) is 9.85. The van der Waals surface area contributed by atoms with E-state index in [1.54, 1.807) is 19.2 Å². The Kier molecular flexibility index (Phi) is 6.34. The fourth-order valence-corrected chi connectivity index (χ4v) is 3.75. The maximum absolute atomic E-state index is 13.1. The van der Waals surface area contributed by atoms with E-state index in [1.807, 2.05) is 60.0 Å². The van der Waals surface area contributed by atoms with Crippen LogP contribution in [0.4, 0.5) is 5.69 Å². The first-order chi connectivity index (χ1) is 13.5. The summed E-state index contributed by atoms with van der Waals surface area (Å²) >= 11 is 0. The minimum absolute atomic E-state index is 0.00386. The lowest BCUT2D eigenvalue weighted by atomic mass is 9.94. The second-order valence-electron chi connectivity index (χ2n) is 7.22. The summed E-state index contributed by atoms with van der Waals surface area (Å²) in [4.78, 5) is 29.5. The molecule has 0 unspecified atom stereocenters. The van der Waals surface area contributed by atoms with E-state index >= 15 is 0 Å². The quantitative estimate of drug-likeness (QED) is 0.790. The molecule has 3 rings (SSSR count). The van der Waals surface area contributed by atoms with Crippen molar-refractivity contribution in [2.45, 2.75) is 26.7 Å². The van der Waals surface area contributed by atoms with Gasteiger partial charge in [0, 0.05) is 36.8 Å². The van der Waals surface area contributed by atoms with Gasteiger partial charge in [-0.3, -0.25) is 9.59 Å². The molecule has 0 bridgehead atoms. The van der Waals surface area contributed by atoms with Gasteiger partial charge < -0.3 is 14.5 Å². The van der Waals surface area contributed by atoms with Crippen LogP contribution < -0.4 is 9.64 Å². The number of methoxy groups -OCH3 is 1. The lowest BCUT2D eigenvalue weighted by molar-refractivity contribution is -0.123. The minimum atomic E-state index is -0.0465. The molecule has 1 saturated heterocycles. The molecular weight excluding hydrogens is 352 g/mol. The topological polar surface area (TPSA) is 49.9 Å². The first-order valence-electron chi connectivity index (χ1n) is 9.85. The Morgan fingerprint density at radius 3 is 2.46 bits per heavy atom. The molecule has 1 aliphatic rings. The number of hydrogen-bond acceptors (Lipinski definition) is 3. The van der Waals surface area contributed by atoms with Crippen molar-refractivity contribution >= 4 is 17.5 Å². The van der Waals surface area contributed by atoms with Gasteiger partial charge in [0.2, 0.25) is 5.91 Å². The summed E-state index contributed by atoms with van der Waals surface area (Å²) < 4.78 is 5.21. The Hall–Kier alpha value is -2.82.